The van der Waals surface area contributed by atoms with Crippen molar-refractivity contribution in [3.63, 3.8) is 0 Å². The molecule has 0 atom stereocenters. The van der Waals surface area contributed by atoms with Crippen molar-refractivity contribution < 1.29 is 14.3 Å². The molecule has 1 aromatic rings. The van der Waals surface area contributed by atoms with Gasteiger partial charge in [0.25, 0.3) is 5.91 Å². The van der Waals surface area contributed by atoms with Crippen LogP contribution in [0.1, 0.15) is 51.5 Å². The fraction of sp³-hybridized carbons (Fsp3) is 0.550. The minimum atomic E-state index is -0.0606. The first kappa shape index (κ1) is 18.4. The van der Waals surface area contributed by atoms with E-state index in [9.17, 15) is 4.79 Å². The highest BCUT2D eigenvalue weighted by atomic mass is 16.5. The molecule has 1 aliphatic carbocycles. The van der Waals surface area contributed by atoms with E-state index in [0.29, 0.717) is 17.5 Å². The predicted octanol–water partition coefficient (Wildman–Crippen LogP) is 4.19. The van der Waals surface area contributed by atoms with E-state index < -0.39 is 0 Å². The summed E-state index contributed by atoms with van der Waals surface area (Å²) in [5.74, 6) is 2.00. The third-order valence-corrected chi connectivity index (χ3v) is 4.69. The summed E-state index contributed by atoms with van der Waals surface area (Å²) < 4.78 is 11.0. The van der Waals surface area contributed by atoms with Crippen LogP contribution in [-0.2, 0) is 4.79 Å². The number of nitrogens with one attached hydrogen (secondary N) is 1. The van der Waals surface area contributed by atoms with E-state index in [4.69, 9.17) is 9.47 Å². The van der Waals surface area contributed by atoms with Crippen LogP contribution in [0.25, 0.3) is 6.08 Å². The number of amides is 1. The Morgan fingerprint density at radius 3 is 2.62 bits per heavy atom. The molecule has 0 saturated heterocycles. The molecule has 1 aliphatic rings. The standard InChI is InChI=1S/C20H29NO3/c1-4-6-16-9-12-18(19(13-16)23-3)24-14-20(22)21-17-10-7-15(5-2)8-11-17/h4,6,9,12-13,15,17H,5,7-8,10-11,14H2,1-3H3,(H,21,22)/b6-4+. The van der Waals surface area contributed by atoms with Gasteiger partial charge in [-0.1, -0.05) is 31.6 Å². The minimum absolute atomic E-state index is 0.0209. The van der Waals surface area contributed by atoms with Crippen LogP contribution in [0.5, 0.6) is 11.5 Å². The Balaban J connectivity index is 1.83. The van der Waals surface area contributed by atoms with Gasteiger partial charge in [0.05, 0.1) is 7.11 Å². The van der Waals surface area contributed by atoms with Gasteiger partial charge in [0.15, 0.2) is 18.1 Å². The largest absolute Gasteiger partial charge is 0.493 e. The summed E-state index contributed by atoms with van der Waals surface area (Å²) in [6, 6.07) is 5.98. The quantitative estimate of drug-likeness (QED) is 0.815. The second-order valence-corrected chi connectivity index (χ2v) is 6.39. The van der Waals surface area contributed by atoms with Crippen molar-refractivity contribution in [2.45, 2.75) is 52.0 Å². The van der Waals surface area contributed by atoms with Crippen LogP contribution < -0.4 is 14.8 Å². The predicted molar refractivity (Wildman–Crippen MR) is 97.4 cm³/mol. The summed E-state index contributed by atoms with van der Waals surface area (Å²) in [6.45, 7) is 4.23. The van der Waals surface area contributed by atoms with E-state index in [1.165, 1.54) is 19.3 Å². The highest BCUT2D eigenvalue weighted by Gasteiger charge is 2.21. The van der Waals surface area contributed by atoms with Crippen molar-refractivity contribution in [3.8, 4) is 11.5 Å². The van der Waals surface area contributed by atoms with E-state index >= 15 is 0 Å². The number of carbonyl (C=O) groups is 1. The number of hydrogen-bond acceptors (Lipinski definition) is 3. The lowest BCUT2D eigenvalue weighted by Crippen LogP contribution is -2.40. The fourth-order valence-corrected chi connectivity index (χ4v) is 3.23. The van der Waals surface area contributed by atoms with E-state index in [1.54, 1.807) is 7.11 Å². The molecular weight excluding hydrogens is 302 g/mol. The summed E-state index contributed by atoms with van der Waals surface area (Å²) in [6.07, 6.45) is 9.77. The molecular formula is C20H29NO3. The summed E-state index contributed by atoms with van der Waals surface area (Å²) in [5, 5.41) is 3.09. The van der Waals surface area contributed by atoms with Gasteiger partial charge < -0.3 is 14.8 Å². The number of rotatable bonds is 7. The summed E-state index contributed by atoms with van der Waals surface area (Å²) >= 11 is 0. The molecule has 1 amide bonds. The van der Waals surface area contributed by atoms with Gasteiger partial charge >= 0.3 is 0 Å². The molecule has 4 nitrogen and oxygen atoms in total. The molecule has 0 radical (unpaired) electrons. The minimum Gasteiger partial charge on any atom is -0.493 e. The Hall–Kier alpha value is -1.97. The zero-order chi connectivity index (χ0) is 17.4. The van der Waals surface area contributed by atoms with Gasteiger partial charge in [0, 0.05) is 6.04 Å². The van der Waals surface area contributed by atoms with Gasteiger partial charge in [-0.05, 0) is 56.2 Å². The Morgan fingerprint density at radius 2 is 2.00 bits per heavy atom. The van der Waals surface area contributed by atoms with Crippen LogP contribution in [0.2, 0.25) is 0 Å². The monoisotopic (exact) mass is 331 g/mol. The molecule has 0 aromatic heterocycles. The molecule has 0 bridgehead atoms. The van der Waals surface area contributed by atoms with Gasteiger partial charge in [0.2, 0.25) is 0 Å². The zero-order valence-electron chi connectivity index (χ0n) is 15.0. The number of ether oxygens (including phenoxy) is 2. The third kappa shape index (κ3) is 5.29. The first-order valence-corrected chi connectivity index (χ1v) is 8.89. The zero-order valence-corrected chi connectivity index (χ0v) is 15.0. The van der Waals surface area contributed by atoms with Crippen molar-refractivity contribution in [3.05, 3.63) is 29.8 Å². The molecule has 1 aromatic carbocycles. The van der Waals surface area contributed by atoms with Crippen LogP contribution in [0, 0.1) is 5.92 Å². The highest BCUT2D eigenvalue weighted by Crippen LogP contribution is 2.29. The first-order chi connectivity index (χ1) is 11.7. The summed E-state index contributed by atoms with van der Waals surface area (Å²) in [5.41, 5.74) is 1.04. The number of carbonyl (C=O) groups excluding carboxylic acids is 1. The van der Waals surface area contributed by atoms with Crippen LogP contribution in [0.3, 0.4) is 0 Å². The molecule has 132 valence electrons. The van der Waals surface area contributed by atoms with E-state index in [2.05, 4.69) is 12.2 Å². The molecule has 4 heteroatoms. The van der Waals surface area contributed by atoms with Crippen molar-refractivity contribution in [1.29, 1.82) is 0 Å². The van der Waals surface area contributed by atoms with Gasteiger partial charge in [-0.15, -0.1) is 0 Å². The number of hydrogen-bond donors (Lipinski definition) is 1. The smallest absolute Gasteiger partial charge is 0.258 e. The van der Waals surface area contributed by atoms with Crippen molar-refractivity contribution in [2.24, 2.45) is 5.92 Å². The number of methoxy groups -OCH3 is 1. The van der Waals surface area contributed by atoms with Gasteiger partial charge in [-0.25, -0.2) is 0 Å². The summed E-state index contributed by atoms with van der Waals surface area (Å²) in [7, 11) is 1.61. The molecule has 0 spiro atoms. The molecule has 0 aliphatic heterocycles. The lowest BCUT2D eigenvalue weighted by Gasteiger charge is -2.28. The Morgan fingerprint density at radius 1 is 1.25 bits per heavy atom. The fourth-order valence-electron chi connectivity index (χ4n) is 3.23. The van der Waals surface area contributed by atoms with E-state index in [0.717, 1.165) is 24.3 Å². The average molecular weight is 331 g/mol. The van der Waals surface area contributed by atoms with E-state index in [1.807, 2.05) is 37.3 Å². The average Bonchev–Trinajstić information content (AvgIpc) is 2.61. The van der Waals surface area contributed by atoms with Crippen LogP contribution in [0.15, 0.2) is 24.3 Å². The van der Waals surface area contributed by atoms with Crippen LogP contribution in [-0.4, -0.2) is 25.7 Å². The van der Waals surface area contributed by atoms with Gasteiger partial charge in [-0.3, -0.25) is 4.79 Å². The number of allylic oxidation sites excluding steroid dienone is 1. The maximum absolute atomic E-state index is 12.1. The second-order valence-electron chi connectivity index (χ2n) is 6.39. The van der Waals surface area contributed by atoms with Gasteiger partial charge in [-0.2, -0.15) is 0 Å². The maximum atomic E-state index is 12.1. The third-order valence-electron chi connectivity index (χ3n) is 4.69. The van der Waals surface area contributed by atoms with Crippen LogP contribution >= 0.6 is 0 Å². The molecule has 2 rings (SSSR count). The topological polar surface area (TPSA) is 47.6 Å². The van der Waals surface area contributed by atoms with Crippen molar-refractivity contribution in [1.82, 2.24) is 5.32 Å². The van der Waals surface area contributed by atoms with Crippen LogP contribution in [0.4, 0.5) is 0 Å². The lowest BCUT2D eigenvalue weighted by atomic mass is 9.84. The van der Waals surface area contributed by atoms with Crippen molar-refractivity contribution in [2.75, 3.05) is 13.7 Å². The summed E-state index contributed by atoms with van der Waals surface area (Å²) in [4.78, 5) is 12.1. The Kier molecular flexibility index (Phi) is 7.16. The van der Waals surface area contributed by atoms with E-state index in [-0.39, 0.29) is 12.5 Å². The Bertz CT molecular complexity index is 560. The SMILES string of the molecule is C/C=C/c1ccc(OCC(=O)NC2CCC(CC)CC2)c(OC)c1. The molecule has 24 heavy (non-hydrogen) atoms. The Labute approximate surface area is 145 Å². The van der Waals surface area contributed by atoms with Gasteiger partial charge in [0.1, 0.15) is 0 Å². The molecule has 0 unspecified atom stereocenters. The maximum Gasteiger partial charge on any atom is 0.258 e. The molecule has 1 fully saturated rings. The first-order valence-electron chi connectivity index (χ1n) is 8.89. The molecule has 1 saturated carbocycles. The number of benzene rings is 1. The normalized spacial score (nSPS) is 20.8. The molecule has 0 heterocycles. The second kappa shape index (κ2) is 9.36. The lowest BCUT2D eigenvalue weighted by molar-refractivity contribution is -0.124. The highest BCUT2D eigenvalue weighted by molar-refractivity contribution is 5.78. The van der Waals surface area contributed by atoms with Crippen molar-refractivity contribution >= 4 is 12.0 Å². The molecule has 1 N–H and O–H groups in total.